The van der Waals surface area contributed by atoms with Gasteiger partial charge in [0.1, 0.15) is 0 Å². The van der Waals surface area contributed by atoms with Crippen molar-refractivity contribution in [2.75, 3.05) is 11.4 Å². The van der Waals surface area contributed by atoms with Crippen LogP contribution < -0.4 is 10.2 Å². The van der Waals surface area contributed by atoms with Gasteiger partial charge in [-0.3, -0.25) is 9.59 Å². The van der Waals surface area contributed by atoms with Gasteiger partial charge in [-0.25, -0.2) is 4.90 Å². The van der Waals surface area contributed by atoms with E-state index in [0.717, 1.165) is 11.9 Å². The van der Waals surface area contributed by atoms with Crippen molar-refractivity contribution in [3.8, 4) is 0 Å². The number of amides is 2. The fraction of sp³-hybridized carbons (Fsp3) is 0.238. The van der Waals surface area contributed by atoms with Crippen molar-refractivity contribution in [1.82, 2.24) is 10.3 Å². The first-order valence-corrected chi connectivity index (χ1v) is 9.33. The van der Waals surface area contributed by atoms with Crippen molar-refractivity contribution in [2.24, 2.45) is 0 Å². The molecule has 2 amide bonds. The molecule has 0 bridgehead atoms. The number of carbonyl (C=O) groups is 2. The molecule has 2 N–H and O–H groups in total. The van der Waals surface area contributed by atoms with Crippen LogP contribution in [0.4, 0.5) is 5.69 Å². The first-order valence-electron chi connectivity index (χ1n) is 8.95. The second-order valence-electron chi connectivity index (χ2n) is 6.87. The Hall–Kier alpha value is -2.63. The van der Waals surface area contributed by atoms with Gasteiger partial charge in [0.2, 0.25) is 5.91 Å². The van der Waals surface area contributed by atoms with Gasteiger partial charge in [-0.2, -0.15) is 0 Å². The number of H-pyrrole nitrogens is 1. The predicted octanol–water partition coefficient (Wildman–Crippen LogP) is 3.59. The van der Waals surface area contributed by atoms with Crippen LogP contribution in [0.3, 0.4) is 0 Å². The highest BCUT2D eigenvalue weighted by molar-refractivity contribution is 6.30. The molecule has 1 unspecified atom stereocenters. The Bertz CT molecular complexity index is 1010. The first kappa shape index (κ1) is 17.8. The van der Waals surface area contributed by atoms with E-state index in [-0.39, 0.29) is 18.2 Å². The number of imide groups is 1. The van der Waals surface area contributed by atoms with Crippen LogP contribution in [0.25, 0.3) is 10.9 Å². The minimum Gasteiger partial charge on any atom is -0.361 e. The molecule has 3 aromatic rings. The molecule has 1 aromatic heterocycles. The van der Waals surface area contributed by atoms with E-state index in [1.165, 1.54) is 21.4 Å². The lowest BCUT2D eigenvalue weighted by Crippen LogP contribution is -2.39. The molecule has 0 spiro atoms. The molecule has 2 heterocycles. The van der Waals surface area contributed by atoms with Crippen LogP contribution in [0.2, 0.25) is 5.02 Å². The lowest BCUT2D eigenvalue weighted by molar-refractivity contribution is -0.121. The maximum atomic E-state index is 12.7. The number of hydrogen-bond acceptors (Lipinski definition) is 3. The highest BCUT2D eigenvalue weighted by Gasteiger charge is 2.39. The molecule has 5 nitrogen and oxygen atoms in total. The molecule has 1 aliphatic rings. The molecule has 0 saturated carbocycles. The molecule has 138 valence electrons. The van der Waals surface area contributed by atoms with Crippen LogP contribution in [-0.2, 0) is 16.0 Å². The molecule has 1 saturated heterocycles. The number of aromatic amines is 1. The number of fused-ring (bicyclic) bond motifs is 1. The number of rotatable bonds is 5. The minimum absolute atomic E-state index is 0.175. The number of nitrogens with one attached hydrogen (secondary N) is 2. The highest BCUT2D eigenvalue weighted by atomic mass is 35.5. The molecule has 6 heteroatoms. The Labute approximate surface area is 162 Å². The Morgan fingerprint density at radius 1 is 1.19 bits per heavy atom. The molecule has 2 aromatic carbocycles. The average Bonchev–Trinajstić information content (AvgIpc) is 3.17. The molecular formula is C21H20ClN3O2. The van der Waals surface area contributed by atoms with Crippen LogP contribution in [0.5, 0.6) is 0 Å². The molecular weight excluding hydrogens is 362 g/mol. The van der Waals surface area contributed by atoms with E-state index in [1.54, 1.807) is 24.3 Å². The van der Waals surface area contributed by atoms with Gasteiger partial charge < -0.3 is 10.3 Å². The zero-order chi connectivity index (χ0) is 19.0. The summed E-state index contributed by atoms with van der Waals surface area (Å²) in [5.41, 5.74) is 4.08. The number of benzene rings is 2. The van der Waals surface area contributed by atoms with Gasteiger partial charge in [0.25, 0.3) is 5.91 Å². The summed E-state index contributed by atoms with van der Waals surface area (Å²) in [4.78, 5) is 29.5. The summed E-state index contributed by atoms with van der Waals surface area (Å²) in [6.45, 7) is 2.70. The highest BCUT2D eigenvalue weighted by Crippen LogP contribution is 2.25. The maximum absolute atomic E-state index is 12.7. The number of hydrogen-bond donors (Lipinski definition) is 2. The normalized spacial score (nSPS) is 17.3. The smallest absolute Gasteiger partial charge is 0.251 e. The van der Waals surface area contributed by atoms with Gasteiger partial charge in [0, 0.05) is 28.7 Å². The van der Waals surface area contributed by atoms with Crippen molar-refractivity contribution in [3.05, 3.63) is 64.8 Å². The molecule has 4 rings (SSSR count). The van der Waals surface area contributed by atoms with E-state index in [0.29, 0.717) is 17.3 Å². The van der Waals surface area contributed by atoms with Crippen LogP contribution in [0.15, 0.2) is 48.7 Å². The standard InChI is InChI=1S/C21H20ClN3O2/c1-13-2-7-18-17(10-13)14(12-24-18)8-9-23-19-11-20(26)25(21(19)27)16-5-3-15(22)4-6-16/h2-7,10,12,19,23-24H,8-9,11H2,1H3. The number of anilines is 1. The minimum atomic E-state index is -0.486. The fourth-order valence-corrected chi connectivity index (χ4v) is 3.66. The van der Waals surface area contributed by atoms with Crippen LogP contribution >= 0.6 is 11.6 Å². The summed E-state index contributed by atoms with van der Waals surface area (Å²) in [6.07, 6.45) is 2.96. The van der Waals surface area contributed by atoms with E-state index in [2.05, 4.69) is 35.4 Å². The topological polar surface area (TPSA) is 65.2 Å². The number of halogens is 1. The molecule has 1 atom stereocenters. The van der Waals surface area contributed by atoms with Crippen molar-refractivity contribution in [3.63, 3.8) is 0 Å². The number of nitrogens with zero attached hydrogens (tertiary/aromatic N) is 1. The molecule has 1 aliphatic heterocycles. The van der Waals surface area contributed by atoms with Crippen molar-refractivity contribution >= 4 is 40.0 Å². The fourth-order valence-electron chi connectivity index (χ4n) is 3.53. The average molecular weight is 382 g/mol. The van der Waals surface area contributed by atoms with Crippen molar-refractivity contribution in [1.29, 1.82) is 0 Å². The van der Waals surface area contributed by atoms with E-state index < -0.39 is 6.04 Å². The summed E-state index contributed by atoms with van der Waals surface area (Å²) < 4.78 is 0. The second kappa shape index (κ2) is 7.18. The molecule has 27 heavy (non-hydrogen) atoms. The zero-order valence-corrected chi connectivity index (χ0v) is 15.7. The third-order valence-electron chi connectivity index (χ3n) is 4.94. The quantitative estimate of drug-likeness (QED) is 0.664. The van der Waals surface area contributed by atoms with Crippen molar-refractivity contribution < 1.29 is 9.59 Å². The Morgan fingerprint density at radius 3 is 2.74 bits per heavy atom. The second-order valence-corrected chi connectivity index (χ2v) is 7.30. The summed E-state index contributed by atoms with van der Waals surface area (Å²) in [5.74, 6) is -0.403. The third kappa shape index (κ3) is 3.48. The van der Waals surface area contributed by atoms with Crippen LogP contribution in [0, 0.1) is 6.92 Å². The Balaban J connectivity index is 1.41. The number of aromatic nitrogens is 1. The summed E-state index contributed by atoms with van der Waals surface area (Å²) in [6, 6.07) is 12.6. The van der Waals surface area contributed by atoms with Crippen LogP contribution in [-0.4, -0.2) is 29.4 Å². The lowest BCUT2D eigenvalue weighted by atomic mass is 10.1. The molecule has 0 radical (unpaired) electrons. The van der Waals surface area contributed by atoms with E-state index in [1.807, 2.05) is 6.20 Å². The first-order chi connectivity index (χ1) is 13.0. The van der Waals surface area contributed by atoms with Crippen LogP contribution in [0.1, 0.15) is 17.5 Å². The predicted molar refractivity (Wildman–Crippen MR) is 107 cm³/mol. The SMILES string of the molecule is Cc1ccc2[nH]cc(CCNC3CC(=O)N(c4ccc(Cl)cc4)C3=O)c2c1. The Morgan fingerprint density at radius 2 is 1.96 bits per heavy atom. The number of aryl methyl sites for hydroxylation is 1. The Kier molecular flexibility index (Phi) is 4.72. The summed E-state index contributed by atoms with van der Waals surface area (Å²) in [7, 11) is 0. The molecule has 1 fully saturated rings. The molecule has 0 aliphatic carbocycles. The van der Waals surface area contributed by atoms with Gasteiger partial charge >= 0.3 is 0 Å². The van der Waals surface area contributed by atoms with Gasteiger partial charge in [0.05, 0.1) is 18.2 Å². The zero-order valence-electron chi connectivity index (χ0n) is 15.0. The van der Waals surface area contributed by atoms with Gasteiger partial charge in [-0.15, -0.1) is 0 Å². The van der Waals surface area contributed by atoms with Crippen molar-refractivity contribution in [2.45, 2.75) is 25.8 Å². The van der Waals surface area contributed by atoms with E-state index >= 15 is 0 Å². The lowest BCUT2D eigenvalue weighted by Gasteiger charge is -2.15. The van der Waals surface area contributed by atoms with Gasteiger partial charge in [-0.1, -0.05) is 23.2 Å². The monoisotopic (exact) mass is 381 g/mol. The van der Waals surface area contributed by atoms with E-state index in [4.69, 9.17) is 11.6 Å². The maximum Gasteiger partial charge on any atom is 0.251 e. The summed E-state index contributed by atoms with van der Waals surface area (Å²) >= 11 is 5.89. The van der Waals surface area contributed by atoms with Gasteiger partial charge in [-0.05, 0) is 55.3 Å². The number of carbonyl (C=O) groups excluding carboxylic acids is 2. The third-order valence-corrected chi connectivity index (χ3v) is 5.19. The summed E-state index contributed by atoms with van der Waals surface area (Å²) in [5, 5.41) is 5.01. The van der Waals surface area contributed by atoms with E-state index in [9.17, 15) is 9.59 Å². The van der Waals surface area contributed by atoms with Gasteiger partial charge in [0.15, 0.2) is 0 Å². The largest absolute Gasteiger partial charge is 0.361 e.